The summed E-state index contributed by atoms with van der Waals surface area (Å²) in [6.07, 6.45) is 6.22. The maximum atomic E-state index is 12.1. The second-order valence-corrected chi connectivity index (χ2v) is 6.84. The van der Waals surface area contributed by atoms with E-state index in [0.29, 0.717) is 25.0 Å². The smallest absolute Gasteiger partial charge is 0.239 e. The zero-order valence-corrected chi connectivity index (χ0v) is 14.3. The Morgan fingerprint density at radius 2 is 1.91 bits per heavy atom. The molecule has 2 amide bonds. The van der Waals surface area contributed by atoms with E-state index >= 15 is 0 Å². The van der Waals surface area contributed by atoms with Gasteiger partial charge in [0.25, 0.3) is 0 Å². The van der Waals surface area contributed by atoms with Crippen LogP contribution < -0.4 is 5.32 Å². The third-order valence-electron chi connectivity index (χ3n) is 5.31. The zero-order chi connectivity index (χ0) is 16.1. The Morgan fingerprint density at radius 1 is 1.23 bits per heavy atom. The van der Waals surface area contributed by atoms with Gasteiger partial charge in [-0.25, -0.2) is 0 Å². The zero-order valence-electron chi connectivity index (χ0n) is 14.3. The minimum Gasteiger partial charge on any atom is -0.353 e. The lowest BCUT2D eigenvalue weighted by atomic mass is 9.98. The Hall–Kier alpha value is -1.10. The highest BCUT2D eigenvalue weighted by Gasteiger charge is 2.31. The van der Waals surface area contributed by atoms with E-state index in [1.807, 2.05) is 0 Å². The molecule has 0 aromatic heterocycles. The number of nitrogens with zero attached hydrogens (tertiary/aromatic N) is 2. The Balaban J connectivity index is 1.72. The predicted octanol–water partition coefficient (Wildman–Crippen LogP) is 1.77. The van der Waals surface area contributed by atoms with Crippen LogP contribution in [0.25, 0.3) is 0 Å². The molecule has 0 spiro atoms. The van der Waals surface area contributed by atoms with Crippen molar-refractivity contribution in [1.82, 2.24) is 15.1 Å². The molecule has 3 unspecified atom stereocenters. The standard InChI is InChI=1S/C17H31N3O2/c1-4-15-8-9-17(22)20(15)12-16(21)18-10-11-19-13(2)6-5-7-14(19)3/h13-15H,4-12H2,1-3H3,(H,18,21). The normalized spacial score (nSPS) is 29.9. The van der Waals surface area contributed by atoms with E-state index in [9.17, 15) is 9.59 Å². The van der Waals surface area contributed by atoms with Crippen molar-refractivity contribution in [3.63, 3.8) is 0 Å². The van der Waals surface area contributed by atoms with Gasteiger partial charge in [0.1, 0.15) is 0 Å². The van der Waals surface area contributed by atoms with E-state index in [4.69, 9.17) is 0 Å². The summed E-state index contributed by atoms with van der Waals surface area (Å²) in [4.78, 5) is 28.1. The number of carbonyl (C=O) groups is 2. The molecule has 0 saturated carbocycles. The summed E-state index contributed by atoms with van der Waals surface area (Å²) >= 11 is 0. The van der Waals surface area contributed by atoms with Crippen molar-refractivity contribution in [2.45, 2.75) is 77.4 Å². The second kappa shape index (κ2) is 7.95. The summed E-state index contributed by atoms with van der Waals surface area (Å²) in [7, 11) is 0. The lowest BCUT2D eigenvalue weighted by Crippen LogP contribution is -2.48. The molecule has 22 heavy (non-hydrogen) atoms. The topological polar surface area (TPSA) is 52.7 Å². The third-order valence-corrected chi connectivity index (χ3v) is 5.31. The molecule has 5 heteroatoms. The van der Waals surface area contributed by atoms with Crippen LogP contribution in [0.3, 0.4) is 0 Å². The molecule has 5 nitrogen and oxygen atoms in total. The van der Waals surface area contributed by atoms with Crippen molar-refractivity contribution < 1.29 is 9.59 Å². The van der Waals surface area contributed by atoms with Crippen LogP contribution in [0.4, 0.5) is 0 Å². The first-order chi connectivity index (χ1) is 10.5. The van der Waals surface area contributed by atoms with Crippen molar-refractivity contribution in [3.8, 4) is 0 Å². The fourth-order valence-electron chi connectivity index (χ4n) is 3.89. The number of rotatable bonds is 6. The number of nitrogens with one attached hydrogen (secondary N) is 1. The molecule has 2 heterocycles. The van der Waals surface area contributed by atoms with Gasteiger partial charge in [-0.2, -0.15) is 0 Å². The van der Waals surface area contributed by atoms with Crippen molar-refractivity contribution in [2.24, 2.45) is 0 Å². The average Bonchev–Trinajstić information content (AvgIpc) is 2.83. The molecule has 126 valence electrons. The van der Waals surface area contributed by atoms with E-state index < -0.39 is 0 Å². The van der Waals surface area contributed by atoms with Gasteiger partial charge in [0.05, 0.1) is 6.54 Å². The highest BCUT2D eigenvalue weighted by atomic mass is 16.2. The molecule has 0 aromatic rings. The maximum Gasteiger partial charge on any atom is 0.239 e. The fraction of sp³-hybridized carbons (Fsp3) is 0.882. The molecular formula is C17H31N3O2. The molecule has 0 aromatic carbocycles. The number of hydrogen-bond donors (Lipinski definition) is 1. The number of amides is 2. The Bertz CT molecular complexity index is 389. The molecule has 0 bridgehead atoms. The number of carbonyl (C=O) groups excluding carboxylic acids is 2. The fourth-order valence-corrected chi connectivity index (χ4v) is 3.89. The van der Waals surface area contributed by atoms with Crippen molar-refractivity contribution in [2.75, 3.05) is 19.6 Å². The minimum atomic E-state index is -0.0222. The van der Waals surface area contributed by atoms with Gasteiger partial charge >= 0.3 is 0 Å². The van der Waals surface area contributed by atoms with E-state index in [0.717, 1.165) is 19.4 Å². The Kier molecular flexibility index (Phi) is 6.24. The summed E-state index contributed by atoms with van der Waals surface area (Å²) in [5.74, 6) is 0.103. The molecule has 2 fully saturated rings. The number of likely N-dealkylation sites (tertiary alicyclic amines) is 2. The molecule has 1 N–H and O–H groups in total. The largest absolute Gasteiger partial charge is 0.353 e. The van der Waals surface area contributed by atoms with Crippen LogP contribution in [-0.2, 0) is 9.59 Å². The maximum absolute atomic E-state index is 12.1. The summed E-state index contributed by atoms with van der Waals surface area (Å²) in [5, 5.41) is 2.99. The van der Waals surface area contributed by atoms with Gasteiger partial charge in [-0.3, -0.25) is 14.5 Å². The molecule has 3 atom stereocenters. The van der Waals surface area contributed by atoms with E-state index in [1.165, 1.54) is 19.3 Å². The van der Waals surface area contributed by atoms with E-state index in [1.54, 1.807) is 4.90 Å². The molecular weight excluding hydrogens is 278 g/mol. The van der Waals surface area contributed by atoms with Gasteiger partial charge in [-0.15, -0.1) is 0 Å². The molecule has 2 aliphatic rings. The van der Waals surface area contributed by atoms with Crippen molar-refractivity contribution in [1.29, 1.82) is 0 Å². The molecule has 2 saturated heterocycles. The molecule has 0 radical (unpaired) electrons. The van der Waals surface area contributed by atoms with Gasteiger partial charge in [-0.1, -0.05) is 13.3 Å². The quantitative estimate of drug-likeness (QED) is 0.813. The van der Waals surface area contributed by atoms with E-state index in [2.05, 4.69) is 31.0 Å². The highest BCUT2D eigenvalue weighted by Crippen LogP contribution is 2.22. The SMILES string of the molecule is CCC1CCC(=O)N1CC(=O)NCCN1C(C)CCCC1C. The molecule has 2 aliphatic heterocycles. The first-order valence-corrected chi connectivity index (χ1v) is 8.84. The number of hydrogen-bond acceptors (Lipinski definition) is 3. The lowest BCUT2D eigenvalue weighted by Gasteiger charge is -2.39. The van der Waals surface area contributed by atoms with Gasteiger partial charge in [-0.05, 0) is 39.5 Å². The number of piperidine rings is 1. The second-order valence-electron chi connectivity index (χ2n) is 6.84. The van der Waals surface area contributed by atoms with Crippen LogP contribution in [-0.4, -0.2) is 59.4 Å². The van der Waals surface area contributed by atoms with E-state index in [-0.39, 0.29) is 24.4 Å². The van der Waals surface area contributed by atoms with Gasteiger partial charge in [0.2, 0.25) is 11.8 Å². The first-order valence-electron chi connectivity index (χ1n) is 8.84. The summed E-state index contributed by atoms with van der Waals surface area (Å²) < 4.78 is 0. The first kappa shape index (κ1) is 17.3. The van der Waals surface area contributed by atoms with Crippen LogP contribution >= 0.6 is 0 Å². The average molecular weight is 309 g/mol. The summed E-state index contributed by atoms with van der Waals surface area (Å²) in [6.45, 7) is 8.42. The predicted molar refractivity (Wildman–Crippen MR) is 87.5 cm³/mol. The minimum absolute atomic E-state index is 0.0222. The van der Waals surface area contributed by atoms with Crippen LogP contribution in [0.5, 0.6) is 0 Å². The molecule has 0 aliphatic carbocycles. The third kappa shape index (κ3) is 4.22. The van der Waals surface area contributed by atoms with Gasteiger partial charge < -0.3 is 10.2 Å². The van der Waals surface area contributed by atoms with Crippen LogP contribution in [0.2, 0.25) is 0 Å². The van der Waals surface area contributed by atoms with Crippen molar-refractivity contribution >= 4 is 11.8 Å². The lowest BCUT2D eigenvalue weighted by molar-refractivity contribution is -0.134. The Labute approximate surface area is 134 Å². The van der Waals surface area contributed by atoms with Crippen LogP contribution in [0, 0.1) is 0 Å². The molecule has 2 rings (SSSR count). The van der Waals surface area contributed by atoms with Gasteiger partial charge in [0.15, 0.2) is 0 Å². The monoisotopic (exact) mass is 309 g/mol. The van der Waals surface area contributed by atoms with Crippen LogP contribution in [0.1, 0.15) is 59.3 Å². The van der Waals surface area contributed by atoms with Crippen LogP contribution in [0.15, 0.2) is 0 Å². The summed E-state index contributed by atoms with van der Waals surface area (Å²) in [5.41, 5.74) is 0. The Morgan fingerprint density at radius 3 is 2.55 bits per heavy atom. The van der Waals surface area contributed by atoms with Crippen molar-refractivity contribution in [3.05, 3.63) is 0 Å². The highest BCUT2D eigenvalue weighted by molar-refractivity contribution is 5.86. The van der Waals surface area contributed by atoms with Gasteiger partial charge in [0, 0.05) is 37.6 Å². The summed E-state index contributed by atoms with van der Waals surface area (Å²) in [6, 6.07) is 1.45.